The van der Waals surface area contributed by atoms with Crippen LogP contribution in [0.1, 0.15) is 38.5 Å². The van der Waals surface area contributed by atoms with Gasteiger partial charge in [0, 0.05) is 12.7 Å². The first-order chi connectivity index (χ1) is 14.5. The molecule has 4 fully saturated rings. The highest BCUT2D eigenvalue weighted by atomic mass is 32.2. The summed E-state index contributed by atoms with van der Waals surface area (Å²) in [5.41, 5.74) is 0.244. The van der Waals surface area contributed by atoms with Crippen LogP contribution in [0.3, 0.4) is 0 Å². The summed E-state index contributed by atoms with van der Waals surface area (Å²) in [7, 11) is 0. The quantitative estimate of drug-likeness (QED) is 0.586. The summed E-state index contributed by atoms with van der Waals surface area (Å²) >= 11 is 1.14. The van der Waals surface area contributed by atoms with E-state index in [0.717, 1.165) is 29.5 Å². The highest BCUT2D eigenvalue weighted by Gasteiger charge is 2.50. The normalized spacial score (nSPS) is 29.0. The van der Waals surface area contributed by atoms with Gasteiger partial charge in [-0.05, 0) is 92.0 Å². The molecule has 4 aliphatic carbocycles. The molecule has 0 saturated heterocycles. The van der Waals surface area contributed by atoms with Gasteiger partial charge in [0.1, 0.15) is 16.5 Å². The van der Waals surface area contributed by atoms with Gasteiger partial charge < -0.3 is 20.3 Å². The molecule has 0 unspecified atom stereocenters. The molecule has 2 aromatic rings. The van der Waals surface area contributed by atoms with Crippen molar-refractivity contribution >= 4 is 17.9 Å². The number of hydrogen-bond donors (Lipinski definition) is 3. The molecule has 0 radical (unpaired) electrons. The topological polar surface area (TPSA) is 91.7 Å². The molecule has 0 aliphatic heterocycles. The average Bonchev–Trinajstić information content (AvgIpc) is 2.70. The zero-order valence-corrected chi connectivity index (χ0v) is 17.5. The van der Waals surface area contributed by atoms with Gasteiger partial charge >= 0.3 is 6.09 Å². The summed E-state index contributed by atoms with van der Waals surface area (Å²) in [4.78, 5) is 17.3. The Kier molecular flexibility index (Phi) is 5.01. The number of phenolic OH excluding ortho intramolecular Hbond substituents is 2. The van der Waals surface area contributed by atoms with Gasteiger partial charge in [-0.2, -0.15) is 0 Å². The van der Waals surface area contributed by atoms with Crippen LogP contribution in [-0.4, -0.2) is 27.8 Å². The third kappa shape index (κ3) is 3.95. The molecule has 1 amide bonds. The van der Waals surface area contributed by atoms with Crippen LogP contribution in [-0.2, 0) is 0 Å². The summed E-state index contributed by atoms with van der Waals surface area (Å²) in [5.74, 6) is 2.91. The molecule has 30 heavy (non-hydrogen) atoms. The van der Waals surface area contributed by atoms with Crippen LogP contribution in [0.15, 0.2) is 46.5 Å². The number of rotatable bonds is 5. The predicted octanol–water partition coefficient (Wildman–Crippen LogP) is 4.95. The van der Waals surface area contributed by atoms with Gasteiger partial charge in [0.15, 0.2) is 5.75 Å². The molecule has 4 bridgehead atoms. The van der Waals surface area contributed by atoms with Gasteiger partial charge in [-0.15, -0.1) is 0 Å². The van der Waals surface area contributed by atoms with E-state index in [1.807, 2.05) is 0 Å². The highest BCUT2D eigenvalue weighted by Crippen LogP contribution is 2.59. The van der Waals surface area contributed by atoms with E-state index in [0.29, 0.717) is 22.2 Å². The van der Waals surface area contributed by atoms with Gasteiger partial charge in [-0.1, -0.05) is 11.8 Å². The fourth-order valence-corrected chi connectivity index (χ4v) is 7.01. The Morgan fingerprint density at radius 1 is 1.13 bits per heavy atom. The number of carbonyl (C=O) groups excluding carboxylic acids is 1. The van der Waals surface area contributed by atoms with Crippen molar-refractivity contribution in [2.75, 3.05) is 6.54 Å². The molecule has 6 rings (SSSR count). The monoisotopic (exact) mass is 426 g/mol. The van der Waals surface area contributed by atoms with Gasteiger partial charge in [0.05, 0.1) is 4.90 Å². The number of amides is 1. The largest absolute Gasteiger partial charge is 0.508 e. The van der Waals surface area contributed by atoms with Crippen molar-refractivity contribution in [2.45, 2.75) is 48.4 Å². The lowest BCUT2D eigenvalue weighted by Gasteiger charge is -2.56. The fourth-order valence-electron chi connectivity index (χ4n) is 6.12. The lowest BCUT2D eigenvalue weighted by molar-refractivity contribution is -0.0503. The lowest BCUT2D eigenvalue weighted by Crippen LogP contribution is -2.51. The Morgan fingerprint density at radius 2 is 1.83 bits per heavy atom. The van der Waals surface area contributed by atoms with Crippen molar-refractivity contribution in [3.8, 4) is 17.2 Å². The zero-order valence-electron chi connectivity index (χ0n) is 16.7. The Morgan fingerprint density at radius 3 is 2.53 bits per heavy atom. The van der Waals surface area contributed by atoms with Gasteiger partial charge in [0.2, 0.25) is 0 Å². The van der Waals surface area contributed by atoms with Crippen molar-refractivity contribution in [1.82, 2.24) is 10.3 Å². The van der Waals surface area contributed by atoms with Crippen LogP contribution in [0, 0.1) is 23.2 Å². The van der Waals surface area contributed by atoms with Crippen molar-refractivity contribution in [3.63, 3.8) is 0 Å². The van der Waals surface area contributed by atoms with Crippen LogP contribution < -0.4 is 10.1 Å². The maximum atomic E-state index is 12.6. The highest BCUT2D eigenvalue weighted by molar-refractivity contribution is 7.99. The van der Waals surface area contributed by atoms with E-state index >= 15 is 0 Å². The van der Waals surface area contributed by atoms with E-state index in [4.69, 9.17) is 4.74 Å². The molecular formula is C23H26N2O4S. The Labute approximate surface area is 180 Å². The average molecular weight is 427 g/mol. The first-order valence-electron chi connectivity index (χ1n) is 10.6. The smallest absolute Gasteiger partial charge is 0.412 e. The van der Waals surface area contributed by atoms with E-state index in [1.165, 1.54) is 56.7 Å². The summed E-state index contributed by atoms with van der Waals surface area (Å²) in [6.45, 7) is 0.672. The lowest BCUT2D eigenvalue weighted by atomic mass is 9.49. The molecule has 0 atom stereocenters. The number of nitrogens with zero attached hydrogens (tertiary/aromatic N) is 1. The third-order valence-corrected chi connectivity index (χ3v) is 7.91. The Hall–Kier alpha value is -2.41. The first kappa shape index (κ1) is 19.5. The zero-order chi connectivity index (χ0) is 20.7. The van der Waals surface area contributed by atoms with E-state index in [-0.39, 0.29) is 16.9 Å². The SMILES string of the molecule is O=C(NCC12CC3CC(CC(C3)C1)C2)Oc1cccnc1Sc1cc(O)ccc1O. The number of carbonyl (C=O) groups is 1. The number of benzene rings is 1. The number of ether oxygens (including phenoxy) is 1. The van der Waals surface area contributed by atoms with Crippen LogP contribution in [0.25, 0.3) is 0 Å². The number of aromatic nitrogens is 1. The molecule has 6 nitrogen and oxygen atoms in total. The Balaban J connectivity index is 1.24. The number of pyridine rings is 1. The van der Waals surface area contributed by atoms with Crippen LogP contribution >= 0.6 is 11.8 Å². The van der Waals surface area contributed by atoms with Gasteiger partial charge in [-0.3, -0.25) is 0 Å². The fraction of sp³-hybridized carbons (Fsp3) is 0.478. The number of hydrogen-bond acceptors (Lipinski definition) is 6. The maximum absolute atomic E-state index is 12.6. The maximum Gasteiger partial charge on any atom is 0.412 e. The van der Waals surface area contributed by atoms with Crippen molar-refractivity contribution < 1.29 is 19.7 Å². The van der Waals surface area contributed by atoms with E-state index < -0.39 is 6.09 Å². The van der Waals surface area contributed by atoms with Crippen LogP contribution in [0.5, 0.6) is 17.2 Å². The predicted molar refractivity (Wildman–Crippen MR) is 113 cm³/mol. The Bertz CT molecular complexity index is 929. The standard InChI is InChI=1S/C23H26N2O4S/c26-17-3-4-18(27)20(9-17)30-21-19(2-1-5-24-21)29-22(28)25-13-23-10-14-6-15(11-23)8-16(7-14)12-23/h1-5,9,14-16,26-27H,6-8,10-13H2,(H,25,28). The molecule has 7 heteroatoms. The van der Waals surface area contributed by atoms with Crippen molar-refractivity contribution in [3.05, 3.63) is 36.5 Å². The van der Waals surface area contributed by atoms with E-state index in [2.05, 4.69) is 10.3 Å². The van der Waals surface area contributed by atoms with E-state index in [9.17, 15) is 15.0 Å². The molecule has 4 aliphatic rings. The molecule has 1 aromatic heterocycles. The molecule has 3 N–H and O–H groups in total. The van der Waals surface area contributed by atoms with E-state index in [1.54, 1.807) is 18.3 Å². The molecule has 1 aromatic carbocycles. The summed E-state index contributed by atoms with van der Waals surface area (Å²) in [6.07, 6.45) is 8.94. The summed E-state index contributed by atoms with van der Waals surface area (Å²) in [6, 6.07) is 7.66. The van der Waals surface area contributed by atoms with Crippen LogP contribution in [0.4, 0.5) is 4.79 Å². The number of aromatic hydroxyl groups is 2. The minimum atomic E-state index is -0.472. The number of phenols is 2. The summed E-state index contributed by atoms with van der Waals surface area (Å²) in [5, 5.41) is 23.2. The third-order valence-electron chi connectivity index (χ3n) is 6.86. The van der Waals surface area contributed by atoms with Crippen LogP contribution in [0.2, 0.25) is 0 Å². The number of nitrogens with one attached hydrogen (secondary N) is 1. The van der Waals surface area contributed by atoms with Gasteiger partial charge in [0.25, 0.3) is 0 Å². The van der Waals surface area contributed by atoms with Gasteiger partial charge in [-0.25, -0.2) is 9.78 Å². The second-order valence-electron chi connectivity index (χ2n) is 9.22. The summed E-state index contributed by atoms with van der Waals surface area (Å²) < 4.78 is 5.57. The van der Waals surface area contributed by atoms with Crippen molar-refractivity contribution in [2.24, 2.45) is 23.2 Å². The second-order valence-corrected chi connectivity index (χ2v) is 10.3. The molecule has 0 spiro atoms. The minimum absolute atomic E-state index is 0.0284. The molecule has 4 saturated carbocycles. The molecule has 1 heterocycles. The van der Waals surface area contributed by atoms with Crippen molar-refractivity contribution in [1.29, 1.82) is 0 Å². The second kappa shape index (κ2) is 7.69. The molecule has 158 valence electrons. The molecular weight excluding hydrogens is 400 g/mol. The first-order valence-corrected chi connectivity index (χ1v) is 11.4. The minimum Gasteiger partial charge on any atom is -0.508 e.